The summed E-state index contributed by atoms with van der Waals surface area (Å²) in [6.07, 6.45) is 1.54. The first-order chi connectivity index (χ1) is 13.4. The highest BCUT2D eigenvalue weighted by Gasteiger charge is 2.11. The SMILES string of the molecule is Cn1cnnc1SCC(=O)Nc1cccc(C(=O)Nc2ccc(F)c(F)c2)c1. The van der Waals surface area contributed by atoms with Gasteiger partial charge < -0.3 is 15.2 Å². The molecule has 3 rings (SSSR count). The number of nitrogens with zero attached hydrogens (tertiary/aromatic N) is 3. The number of hydrogen-bond acceptors (Lipinski definition) is 5. The van der Waals surface area contributed by atoms with Gasteiger partial charge in [0.15, 0.2) is 16.8 Å². The van der Waals surface area contributed by atoms with Gasteiger partial charge in [0.1, 0.15) is 6.33 Å². The average molecular weight is 403 g/mol. The molecule has 0 fully saturated rings. The number of aryl methyl sites for hydroxylation is 1. The van der Waals surface area contributed by atoms with Crippen LogP contribution >= 0.6 is 11.8 Å². The number of carbonyl (C=O) groups is 2. The van der Waals surface area contributed by atoms with Crippen LogP contribution in [-0.2, 0) is 11.8 Å². The van der Waals surface area contributed by atoms with Gasteiger partial charge in [-0.1, -0.05) is 17.8 Å². The Morgan fingerprint density at radius 3 is 2.57 bits per heavy atom. The monoisotopic (exact) mass is 403 g/mol. The van der Waals surface area contributed by atoms with Crippen LogP contribution in [0.3, 0.4) is 0 Å². The molecule has 0 saturated carbocycles. The first kappa shape index (κ1) is 19.5. The Balaban J connectivity index is 1.61. The van der Waals surface area contributed by atoms with Gasteiger partial charge >= 0.3 is 0 Å². The lowest BCUT2D eigenvalue weighted by Gasteiger charge is -2.09. The summed E-state index contributed by atoms with van der Waals surface area (Å²) >= 11 is 1.23. The van der Waals surface area contributed by atoms with E-state index in [9.17, 15) is 18.4 Å². The normalized spacial score (nSPS) is 10.5. The highest BCUT2D eigenvalue weighted by Crippen LogP contribution is 2.17. The van der Waals surface area contributed by atoms with E-state index in [1.165, 1.54) is 30.2 Å². The average Bonchev–Trinajstić information content (AvgIpc) is 3.08. The summed E-state index contributed by atoms with van der Waals surface area (Å²) in [5, 5.41) is 13.4. The Kier molecular flexibility index (Phi) is 5.99. The van der Waals surface area contributed by atoms with E-state index in [0.717, 1.165) is 12.1 Å². The van der Waals surface area contributed by atoms with Crippen LogP contribution in [0.1, 0.15) is 10.4 Å². The van der Waals surface area contributed by atoms with E-state index >= 15 is 0 Å². The van der Waals surface area contributed by atoms with Crippen molar-refractivity contribution in [2.24, 2.45) is 7.05 Å². The number of rotatable bonds is 6. The minimum absolute atomic E-state index is 0.123. The minimum Gasteiger partial charge on any atom is -0.325 e. The van der Waals surface area contributed by atoms with Crippen LogP contribution in [0.4, 0.5) is 20.2 Å². The first-order valence-corrected chi connectivity index (χ1v) is 9.04. The van der Waals surface area contributed by atoms with Crippen molar-refractivity contribution in [3.05, 3.63) is 66.0 Å². The third-order valence-corrected chi connectivity index (χ3v) is 4.62. The molecule has 3 aromatic rings. The predicted molar refractivity (Wildman–Crippen MR) is 101 cm³/mol. The Bertz CT molecular complexity index is 1020. The van der Waals surface area contributed by atoms with E-state index in [0.29, 0.717) is 10.8 Å². The van der Waals surface area contributed by atoms with E-state index in [4.69, 9.17) is 0 Å². The molecular formula is C18H15F2N5O2S. The third-order valence-electron chi connectivity index (χ3n) is 3.59. The van der Waals surface area contributed by atoms with E-state index in [2.05, 4.69) is 20.8 Å². The van der Waals surface area contributed by atoms with Gasteiger partial charge in [-0.25, -0.2) is 8.78 Å². The molecule has 0 spiro atoms. The minimum atomic E-state index is -1.06. The number of thioether (sulfide) groups is 1. The van der Waals surface area contributed by atoms with Crippen molar-refractivity contribution < 1.29 is 18.4 Å². The van der Waals surface area contributed by atoms with Crippen LogP contribution in [0.25, 0.3) is 0 Å². The van der Waals surface area contributed by atoms with Crippen LogP contribution in [0.2, 0.25) is 0 Å². The molecule has 0 saturated heterocycles. The second-order valence-electron chi connectivity index (χ2n) is 5.73. The summed E-state index contributed by atoms with van der Waals surface area (Å²) in [7, 11) is 1.77. The van der Waals surface area contributed by atoms with Crippen molar-refractivity contribution in [3.63, 3.8) is 0 Å². The topological polar surface area (TPSA) is 88.9 Å². The fraction of sp³-hybridized carbons (Fsp3) is 0.111. The standard InChI is InChI=1S/C18H15F2N5O2S/c1-25-10-21-24-18(25)28-9-16(26)22-12-4-2-3-11(7-12)17(27)23-13-5-6-14(19)15(20)8-13/h2-8,10H,9H2,1H3,(H,22,26)(H,23,27). The third kappa shape index (κ3) is 4.92. The molecule has 144 valence electrons. The number of carbonyl (C=O) groups excluding carboxylic acids is 2. The Morgan fingerprint density at radius 2 is 1.86 bits per heavy atom. The predicted octanol–water partition coefficient (Wildman–Crippen LogP) is 3.08. The van der Waals surface area contributed by atoms with Gasteiger partial charge in [0.05, 0.1) is 5.75 Å². The Labute approximate surface area is 163 Å². The van der Waals surface area contributed by atoms with Crippen LogP contribution in [0.5, 0.6) is 0 Å². The molecule has 1 aromatic heterocycles. The van der Waals surface area contributed by atoms with Gasteiger partial charge in [-0.3, -0.25) is 9.59 Å². The highest BCUT2D eigenvalue weighted by atomic mass is 32.2. The molecule has 2 N–H and O–H groups in total. The lowest BCUT2D eigenvalue weighted by molar-refractivity contribution is -0.113. The number of nitrogens with one attached hydrogen (secondary N) is 2. The highest BCUT2D eigenvalue weighted by molar-refractivity contribution is 7.99. The fourth-order valence-electron chi connectivity index (χ4n) is 2.25. The lowest BCUT2D eigenvalue weighted by Crippen LogP contribution is -2.16. The number of halogens is 2. The van der Waals surface area contributed by atoms with Gasteiger partial charge in [0, 0.05) is 30.1 Å². The largest absolute Gasteiger partial charge is 0.325 e. The number of benzene rings is 2. The number of hydrogen-bond donors (Lipinski definition) is 2. The zero-order valence-electron chi connectivity index (χ0n) is 14.6. The summed E-state index contributed by atoms with van der Waals surface area (Å²) < 4.78 is 27.9. The van der Waals surface area contributed by atoms with Crippen LogP contribution in [-0.4, -0.2) is 32.3 Å². The maximum absolute atomic E-state index is 13.3. The molecule has 28 heavy (non-hydrogen) atoms. The molecule has 0 bridgehead atoms. The van der Waals surface area contributed by atoms with Gasteiger partial charge in [-0.15, -0.1) is 10.2 Å². The zero-order valence-corrected chi connectivity index (χ0v) is 15.5. The van der Waals surface area contributed by atoms with Crippen molar-refractivity contribution in [2.45, 2.75) is 5.16 Å². The summed E-state index contributed by atoms with van der Waals surface area (Å²) in [6.45, 7) is 0. The molecule has 0 aliphatic rings. The molecule has 2 amide bonds. The van der Waals surface area contributed by atoms with Crippen molar-refractivity contribution in [1.82, 2.24) is 14.8 Å². The molecule has 10 heteroatoms. The smallest absolute Gasteiger partial charge is 0.255 e. The molecule has 2 aromatic carbocycles. The van der Waals surface area contributed by atoms with Crippen molar-refractivity contribution in [2.75, 3.05) is 16.4 Å². The summed E-state index contributed by atoms with van der Waals surface area (Å²) in [5.74, 6) is -2.72. The van der Waals surface area contributed by atoms with Gasteiger partial charge in [0.25, 0.3) is 5.91 Å². The van der Waals surface area contributed by atoms with Crippen molar-refractivity contribution in [1.29, 1.82) is 0 Å². The molecular weight excluding hydrogens is 388 g/mol. The van der Waals surface area contributed by atoms with Crippen molar-refractivity contribution in [3.8, 4) is 0 Å². The molecule has 0 aliphatic carbocycles. The number of anilines is 2. The van der Waals surface area contributed by atoms with E-state index in [1.807, 2.05) is 0 Å². The van der Waals surface area contributed by atoms with Gasteiger partial charge in [-0.2, -0.15) is 0 Å². The summed E-state index contributed by atoms with van der Waals surface area (Å²) in [4.78, 5) is 24.4. The lowest BCUT2D eigenvalue weighted by atomic mass is 10.2. The first-order valence-electron chi connectivity index (χ1n) is 8.05. The fourth-order valence-corrected chi connectivity index (χ4v) is 2.93. The Morgan fingerprint density at radius 1 is 1.07 bits per heavy atom. The van der Waals surface area contributed by atoms with E-state index in [1.54, 1.807) is 29.8 Å². The second-order valence-corrected chi connectivity index (χ2v) is 6.67. The molecule has 1 heterocycles. The quantitative estimate of drug-likeness (QED) is 0.618. The van der Waals surface area contributed by atoms with Crippen LogP contribution < -0.4 is 10.6 Å². The zero-order chi connectivity index (χ0) is 20.1. The van der Waals surface area contributed by atoms with Crippen LogP contribution in [0, 0.1) is 11.6 Å². The Hall–Kier alpha value is -3.27. The molecule has 7 nitrogen and oxygen atoms in total. The molecule has 0 aliphatic heterocycles. The van der Waals surface area contributed by atoms with E-state index in [-0.39, 0.29) is 22.9 Å². The van der Waals surface area contributed by atoms with E-state index < -0.39 is 17.5 Å². The number of amides is 2. The summed E-state index contributed by atoms with van der Waals surface area (Å²) in [5.41, 5.74) is 0.809. The molecule has 0 unspecified atom stereocenters. The molecule has 0 radical (unpaired) electrons. The number of aromatic nitrogens is 3. The molecule has 0 atom stereocenters. The van der Waals surface area contributed by atoms with Gasteiger partial charge in [-0.05, 0) is 30.3 Å². The summed E-state index contributed by atoms with van der Waals surface area (Å²) in [6, 6.07) is 9.34. The maximum atomic E-state index is 13.3. The maximum Gasteiger partial charge on any atom is 0.255 e. The van der Waals surface area contributed by atoms with Gasteiger partial charge in [0.2, 0.25) is 5.91 Å². The van der Waals surface area contributed by atoms with Crippen molar-refractivity contribution >= 4 is 35.0 Å². The van der Waals surface area contributed by atoms with Crippen LogP contribution in [0.15, 0.2) is 53.9 Å². The second kappa shape index (κ2) is 8.61.